The fourth-order valence-corrected chi connectivity index (χ4v) is 5.49. The van der Waals surface area contributed by atoms with Crippen molar-refractivity contribution in [1.29, 1.82) is 0 Å². The number of sulfonamides is 1. The maximum absolute atomic E-state index is 12.7. The van der Waals surface area contributed by atoms with Gasteiger partial charge < -0.3 is 14.6 Å². The largest absolute Gasteiger partial charge is 0.497 e. The van der Waals surface area contributed by atoms with Crippen LogP contribution in [0.3, 0.4) is 0 Å². The third-order valence-electron chi connectivity index (χ3n) is 5.52. The van der Waals surface area contributed by atoms with Gasteiger partial charge in [0.1, 0.15) is 16.3 Å². The minimum Gasteiger partial charge on any atom is -0.497 e. The molecule has 3 heterocycles. The van der Waals surface area contributed by atoms with Crippen molar-refractivity contribution in [3.8, 4) is 16.2 Å². The van der Waals surface area contributed by atoms with Gasteiger partial charge >= 0.3 is 0 Å². The lowest BCUT2D eigenvalue weighted by atomic mass is 10.2. The van der Waals surface area contributed by atoms with Crippen molar-refractivity contribution in [2.24, 2.45) is 5.14 Å². The van der Waals surface area contributed by atoms with Crippen LogP contribution >= 0.6 is 11.3 Å². The van der Waals surface area contributed by atoms with E-state index < -0.39 is 10.0 Å². The van der Waals surface area contributed by atoms with Gasteiger partial charge in [-0.05, 0) is 66.1 Å². The van der Waals surface area contributed by atoms with Crippen LogP contribution in [0.1, 0.15) is 11.4 Å². The van der Waals surface area contributed by atoms with Crippen LogP contribution in [0.2, 0.25) is 0 Å². The molecule has 0 aliphatic carbocycles. The number of nitrogens with zero attached hydrogens (tertiary/aromatic N) is 2. The minimum absolute atomic E-state index is 0.107. The number of hydrogen-bond donors (Lipinski definition) is 2. The third kappa shape index (κ3) is 3.77. The molecule has 0 fully saturated rings. The quantitative estimate of drug-likeness (QED) is 0.465. The number of aromatic nitrogens is 2. The first-order valence-electron chi connectivity index (χ1n) is 9.90. The van der Waals surface area contributed by atoms with Gasteiger partial charge in [0.2, 0.25) is 10.0 Å². The Hall–Kier alpha value is -3.21. The summed E-state index contributed by atoms with van der Waals surface area (Å²) >= 11 is 1.40. The average molecular weight is 469 g/mol. The standard InChI is InChI=1S/C22H20N4O4S2/c1-30-15-4-2-13(3-5-15)19-11-17-21(31-19)22(27)25-20(24-17)12-26-9-8-14-10-16(32(23,28)29)6-7-18(14)26/h2-7,10-11H,8-9,12H2,1H3,(H2,23,28,29)(H,24,25,27). The second-order valence-corrected chi connectivity index (χ2v) is 10.2. The number of hydrogen-bond acceptors (Lipinski definition) is 7. The maximum atomic E-state index is 12.7. The van der Waals surface area contributed by atoms with E-state index in [1.807, 2.05) is 30.3 Å². The van der Waals surface area contributed by atoms with E-state index >= 15 is 0 Å². The van der Waals surface area contributed by atoms with E-state index in [1.165, 1.54) is 17.4 Å². The number of ether oxygens (including phenoxy) is 1. The van der Waals surface area contributed by atoms with Gasteiger partial charge in [-0.15, -0.1) is 11.3 Å². The van der Waals surface area contributed by atoms with E-state index in [2.05, 4.69) is 14.9 Å². The first kappa shape index (κ1) is 20.7. The van der Waals surface area contributed by atoms with E-state index in [0.717, 1.165) is 27.4 Å². The van der Waals surface area contributed by atoms with Gasteiger partial charge in [-0.1, -0.05) is 0 Å². The highest BCUT2D eigenvalue weighted by atomic mass is 32.2. The molecule has 2 aromatic carbocycles. The fourth-order valence-electron chi connectivity index (χ4n) is 3.93. The smallest absolute Gasteiger partial charge is 0.268 e. The second-order valence-electron chi connectivity index (χ2n) is 7.57. The summed E-state index contributed by atoms with van der Waals surface area (Å²) in [5, 5.41) is 5.24. The molecule has 32 heavy (non-hydrogen) atoms. The highest BCUT2D eigenvalue weighted by molar-refractivity contribution is 7.89. The molecule has 0 unspecified atom stereocenters. The van der Waals surface area contributed by atoms with Crippen LogP contribution < -0.4 is 20.3 Å². The van der Waals surface area contributed by atoms with Gasteiger partial charge in [-0.2, -0.15) is 0 Å². The molecule has 3 N–H and O–H groups in total. The number of benzene rings is 2. The van der Waals surface area contributed by atoms with Crippen LogP contribution in [0.25, 0.3) is 20.7 Å². The summed E-state index contributed by atoms with van der Waals surface area (Å²) in [6.07, 6.45) is 0.700. The Kier molecular flexibility index (Phi) is 5.00. The molecule has 0 spiro atoms. The minimum atomic E-state index is -3.74. The highest BCUT2D eigenvalue weighted by Gasteiger charge is 2.22. The zero-order valence-electron chi connectivity index (χ0n) is 17.2. The zero-order chi connectivity index (χ0) is 22.5. The van der Waals surface area contributed by atoms with Gasteiger partial charge in [0.05, 0.1) is 24.1 Å². The molecule has 0 saturated carbocycles. The maximum Gasteiger partial charge on any atom is 0.268 e. The molecular weight excluding hydrogens is 448 g/mol. The molecule has 0 atom stereocenters. The number of methoxy groups -OCH3 is 1. The first-order valence-corrected chi connectivity index (χ1v) is 12.3. The van der Waals surface area contributed by atoms with Crippen molar-refractivity contribution in [1.82, 2.24) is 9.97 Å². The Labute approximate surface area is 188 Å². The number of primary sulfonamides is 1. The molecule has 1 aliphatic heterocycles. The van der Waals surface area contributed by atoms with E-state index in [4.69, 9.17) is 9.88 Å². The molecule has 5 rings (SSSR count). The highest BCUT2D eigenvalue weighted by Crippen LogP contribution is 2.33. The van der Waals surface area contributed by atoms with E-state index in [-0.39, 0.29) is 10.5 Å². The summed E-state index contributed by atoms with van der Waals surface area (Å²) in [4.78, 5) is 23.4. The number of H-pyrrole nitrogens is 1. The summed E-state index contributed by atoms with van der Waals surface area (Å²) in [5.41, 5.74) is 3.32. The van der Waals surface area contributed by atoms with E-state index in [9.17, 15) is 13.2 Å². The summed E-state index contributed by atoms with van der Waals surface area (Å²) in [6.45, 7) is 1.12. The van der Waals surface area contributed by atoms with Crippen molar-refractivity contribution in [3.05, 3.63) is 70.3 Å². The Morgan fingerprint density at radius 1 is 1.19 bits per heavy atom. The SMILES string of the molecule is COc1ccc(-c2cc3nc(CN4CCc5cc(S(N)(=O)=O)ccc54)[nH]c(=O)c3s2)cc1. The Balaban J connectivity index is 1.44. The number of thiophene rings is 1. The van der Waals surface area contributed by atoms with Crippen LogP contribution in [0.15, 0.2) is 58.2 Å². The molecule has 0 saturated heterocycles. The van der Waals surface area contributed by atoms with Crippen molar-refractivity contribution < 1.29 is 13.2 Å². The monoisotopic (exact) mass is 468 g/mol. The Morgan fingerprint density at radius 3 is 2.69 bits per heavy atom. The molecule has 10 heteroatoms. The average Bonchev–Trinajstić information content (AvgIpc) is 3.38. The Bertz CT molecular complexity index is 1490. The fraction of sp³-hybridized carbons (Fsp3) is 0.182. The molecule has 164 valence electrons. The molecule has 8 nitrogen and oxygen atoms in total. The van der Waals surface area contributed by atoms with Crippen LogP contribution in [0, 0.1) is 0 Å². The lowest BCUT2D eigenvalue weighted by molar-refractivity contribution is 0.415. The Morgan fingerprint density at radius 2 is 1.97 bits per heavy atom. The van der Waals surface area contributed by atoms with Gasteiger partial charge in [0, 0.05) is 17.1 Å². The van der Waals surface area contributed by atoms with Gasteiger partial charge in [0.15, 0.2) is 0 Å². The number of fused-ring (bicyclic) bond motifs is 2. The number of nitrogens with two attached hydrogens (primary N) is 1. The van der Waals surface area contributed by atoms with Crippen molar-refractivity contribution in [2.45, 2.75) is 17.9 Å². The van der Waals surface area contributed by atoms with Gasteiger partial charge in [-0.25, -0.2) is 18.5 Å². The lowest BCUT2D eigenvalue weighted by Gasteiger charge is -2.18. The molecule has 1 aliphatic rings. The predicted molar refractivity (Wildman–Crippen MR) is 125 cm³/mol. The number of nitrogens with one attached hydrogen (secondary N) is 1. The normalized spacial score (nSPS) is 13.5. The summed E-state index contributed by atoms with van der Waals surface area (Å²) in [5.74, 6) is 1.33. The predicted octanol–water partition coefficient (Wildman–Crippen LogP) is 2.87. The molecule has 0 radical (unpaired) electrons. The third-order valence-corrected chi connectivity index (χ3v) is 7.60. The molecule has 0 bridgehead atoms. The molecular formula is C22H20N4O4S2. The number of anilines is 1. The van der Waals surface area contributed by atoms with Crippen LogP contribution in [0.5, 0.6) is 5.75 Å². The second kappa shape index (κ2) is 7.73. The lowest BCUT2D eigenvalue weighted by Crippen LogP contribution is -2.23. The number of rotatable bonds is 5. The molecule has 4 aromatic rings. The summed E-state index contributed by atoms with van der Waals surface area (Å²) < 4.78 is 29.0. The van der Waals surface area contributed by atoms with Crippen molar-refractivity contribution in [2.75, 3.05) is 18.6 Å². The zero-order valence-corrected chi connectivity index (χ0v) is 18.8. The van der Waals surface area contributed by atoms with Gasteiger partial charge in [0.25, 0.3) is 5.56 Å². The van der Waals surface area contributed by atoms with Crippen molar-refractivity contribution in [3.63, 3.8) is 0 Å². The van der Waals surface area contributed by atoms with Crippen LogP contribution in [0.4, 0.5) is 5.69 Å². The number of aromatic amines is 1. The van der Waals surface area contributed by atoms with Crippen LogP contribution in [-0.4, -0.2) is 32.0 Å². The van der Waals surface area contributed by atoms with Crippen LogP contribution in [-0.2, 0) is 23.0 Å². The van der Waals surface area contributed by atoms with Gasteiger partial charge in [-0.3, -0.25) is 4.79 Å². The van der Waals surface area contributed by atoms with Crippen molar-refractivity contribution >= 4 is 37.3 Å². The first-order chi connectivity index (χ1) is 15.3. The molecule has 0 amide bonds. The molecule has 2 aromatic heterocycles. The van der Waals surface area contributed by atoms with E-state index in [0.29, 0.717) is 35.6 Å². The topological polar surface area (TPSA) is 118 Å². The van der Waals surface area contributed by atoms with E-state index in [1.54, 1.807) is 19.2 Å². The summed E-state index contributed by atoms with van der Waals surface area (Å²) in [6, 6.07) is 14.5. The summed E-state index contributed by atoms with van der Waals surface area (Å²) in [7, 11) is -2.12.